The Labute approximate surface area is 219 Å². The van der Waals surface area contributed by atoms with E-state index in [1.54, 1.807) is 6.20 Å². The third-order valence-corrected chi connectivity index (χ3v) is 8.38. The van der Waals surface area contributed by atoms with Crippen molar-refractivity contribution in [3.63, 3.8) is 0 Å². The highest BCUT2D eigenvalue weighted by atomic mass is 32.2. The van der Waals surface area contributed by atoms with E-state index in [1.807, 2.05) is 23.6 Å². The summed E-state index contributed by atoms with van der Waals surface area (Å²) in [6.07, 6.45) is 5.86. The van der Waals surface area contributed by atoms with Gasteiger partial charge in [-0.15, -0.1) is 11.3 Å². The van der Waals surface area contributed by atoms with E-state index in [2.05, 4.69) is 44.0 Å². The van der Waals surface area contributed by atoms with Crippen molar-refractivity contribution in [2.75, 3.05) is 6.61 Å². The smallest absolute Gasteiger partial charge is 0.333 e. The van der Waals surface area contributed by atoms with Gasteiger partial charge in [0.15, 0.2) is 0 Å². The van der Waals surface area contributed by atoms with Gasteiger partial charge in [-0.05, 0) is 60.7 Å². The summed E-state index contributed by atoms with van der Waals surface area (Å²) < 4.78 is 29.1. The zero-order valence-corrected chi connectivity index (χ0v) is 21.9. The molecular formula is C26H28N4O5S2. The second-order valence-corrected chi connectivity index (χ2v) is 11.8. The molecule has 37 heavy (non-hydrogen) atoms. The first-order valence-electron chi connectivity index (χ1n) is 12.0. The maximum Gasteiger partial charge on any atom is 0.333 e. The fourth-order valence-corrected chi connectivity index (χ4v) is 6.41. The fourth-order valence-electron chi connectivity index (χ4n) is 5.19. The first-order valence-corrected chi connectivity index (χ1v) is 14.3. The van der Waals surface area contributed by atoms with Crippen LogP contribution < -0.4 is 5.14 Å². The Balaban J connectivity index is 1.29. The lowest BCUT2D eigenvalue weighted by molar-refractivity contribution is 0.100. The number of thiophene rings is 1. The van der Waals surface area contributed by atoms with E-state index in [1.165, 1.54) is 28.6 Å². The number of fused-ring (bicyclic) bond motifs is 1. The van der Waals surface area contributed by atoms with E-state index in [9.17, 15) is 18.3 Å². The first-order chi connectivity index (χ1) is 17.7. The molecule has 9 nitrogen and oxygen atoms in total. The Morgan fingerprint density at radius 3 is 2.92 bits per heavy atom. The van der Waals surface area contributed by atoms with Gasteiger partial charge in [0.2, 0.25) is 5.78 Å². The number of carbonyl (C=O) groups excluding carboxylic acids is 1. The van der Waals surface area contributed by atoms with E-state index >= 15 is 0 Å². The van der Waals surface area contributed by atoms with Crippen molar-refractivity contribution in [2.24, 2.45) is 17.0 Å². The van der Waals surface area contributed by atoms with Crippen LogP contribution in [0.1, 0.15) is 44.9 Å². The molecule has 0 bridgehead atoms. The molecule has 4 aromatic rings. The van der Waals surface area contributed by atoms with Gasteiger partial charge in [-0.3, -0.25) is 8.98 Å². The predicted molar refractivity (Wildman–Crippen MR) is 141 cm³/mol. The lowest BCUT2D eigenvalue weighted by Gasteiger charge is -2.13. The molecule has 3 N–H and O–H groups in total. The first kappa shape index (κ1) is 25.7. The second-order valence-electron chi connectivity index (χ2n) is 9.63. The minimum absolute atomic E-state index is 0.0229. The van der Waals surface area contributed by atoms with Crippen LogP contribution in [0.15, 0.2) is 54.4 Å². The largest absolute Gasteiger partial charge is 0.393 e. The Morgan fingerprint density at radius 1 is 1.30 bits per heavy atom. The number of aliphatic hydroxyl groups is 1. The highest BCUT2D eigenvalue weighted by molar-refractivity contribution is 7.84. The van der Waals surface area contributed by atoms with Crippen LogP contribution in [0.5, 0.6) is 0 Å². The summed E-state index contributed by atoms with van der Waals surface area (Å²) in [4.78, 5) is 22.5. The molecule has 0 spiro atoms. The van der Waals surface area contributed by atoms with Gasteiger partial charge in [0.1, 0.15) is 6.33 Å². The standard InChI is InChI=1S/C26H28N4O5S2/c1-16-11-30(23-5-3-2-4-20(16)23)12-18-9-25(36-14-18)26(32)21-10-28-15-29-22(21)7-17-6-19(24(31)8-17)13-35-37(27,33)34/h2-5,9-11,14-15,17,19,24,31H,6-8,12-13H2,1H3,(H2,27,33,34)/t17-,19+,24-/m0/s1. The molecule has 1 saturated carbocycles. The zero-order valence-electron chi connectivity index (χ0n) is 20.3. The van der Waals surface area contributed by atoms with Crippen LogP contribution in [-0.4, -0.2) is 46.6 Å². The summed E-state index contributed by atoms with van der Waals surface area (Å²) >= 11 is 1.40. The van der Waals surface area contributed by atoms with Crippen LogP contribution in [0, 0.1) is 18.8 Å². The van der Waals surface area contributed by atoms with Gasteiger partial charge in [-0.1, -0.05) is 18.2 Å². The van der Waals surface area contributed by atoms with Crippen molar-refractivity contribution in [3.8, 4) is 0 Å². The van der Waals surface area contributed by atoms with E-state index in [4.69, 9.17) is 5.14 Å². The Kier molecular flexibility index (Phi) is 7.24. The number of benzene rings is 1. The highest BCUT2D eigenvalue weighted by Crippen LogP contribution is 2.34. The number of rotatable bonds is 9. The number of hydrogen-bond donors (Lipinski definition) is 2. The Hall–Kier alpha value is -2.96. The summed E-state index contributed by atoms with van der Waals surface area (Å²) in [7, 11) is -4.06. The van der Waals surface area contributed by atoms with Crippen molar-refractivity contribution in [1.29, 1.82) is 0 Å². The number of nitrogens with zero attached hydrogens (tertiary/aromatic N) is 3. The minimum atomic E-state index is -4.06. The second kappa shape index (κ2) is 10.4. The Bertz CT molecular complexity index is 1550. The molecule has 0 unspecified atom stereocenters. The molecule has 11 heteroatoms. The molecule has 5 rings (SSSR count). The summed E-state index contributed by atoms with van der Waals surface area (Å²) in [5.74, 6) is -0.458. The number of para-hydroxylation sites is 1. The van der Waals surface area contributed by atoms with E-state index < -0.39 is 16.4 Å². The highest BCUT2D eigenvalue weighted by Gasteiger charge is 2.35. The van der Waals surface area contributed by atoms with E-state index in [0.717, 1.165) is 11.1 Å². The van der Waals surface area contributed by atoms with Crippen LogP contribution >= 0.6 is 11.3 Å². The van der Waals surface area contributed by atoms with Crippen molar-refractivity contribution in [1.82, 2.24) is 14.5 Å². The number of aryl methyl sites for hydroxylation is 1. The third kappa shape index (κ3) is 5.81. The summed E-state index contributed by atoms with van der Waals surface area (Å²) in [6, 6.07) is 10.2. The molecule has 194 valence electrons. The van der Waals surface area contributed by atoms with Gasteiger partial charge in [-0.2, -0.15) is 8.42 Å². The van der Waals surface area contributed by atoms with Crippen molar-refractivity contribution in [2.45, 2.75) is 38.8 Å². The van der Waals surface area contributed by atoms with Gasteiger partial charge in [0.05, 0.1) is 28.8 Å². The van der Waals surface area contributed by atoms with Gasteiger partial charge < -0.3 is 9.67 Å². The van der Waals surface area contributed by atoms with Crippen LogP contribution in [0.2, 0.25) is 0 Å². The molecule has 0 aliphatic heterocycles. The number of ketones is 1. The third-order valence-electron chi connectivity index (χ3n) is 6.94. The van der Waals surface area contributed by atoms with Crippen LogP contribution in [0.3, 0.4) is 0 Å². The average Bonchev–Trinajstić information content (AvgIpc) is 3.55. The number of nitrogens with two attached hydrogens (primary N) is 1. The number of aromatic nitrogens is 3. The monoisotopic (exact) mass is 540 g/mol. The molecule has 1 fully saturated rings. The molecule has 1 aromatic carbocycles. The average molecular weight is 541 g/mol. The molecule has 1 aliphatic carbocycles. The molecule has 3 aromatic heterocycles. The quantitative estimate of drug-likeness (QED) is 0.311. The lowest BCUT2D eigenvalue weighted by atomic mass is 9.96. The molecule has 0 amide bonds. The normalized spacial score (nSPS) is 20.0. The van der Waals surface area contributed by atoms with Gasteiger partial charge >= 0.3 is 10.3 Å². The topological polar surface area (TPSA) is 137 Å². The van der Waals surface area contributed by atoms with E-state index in [-0.39, 0.29) is 24.2 Å². The van der Waals surface area contributed by atoms with Crippen LogP contribution in [0.25, 0.3) is 10.9 Å². The lowest BCUT2D eigenvalue weighted by Crippen LogP contribution is -2.24. The van der Waals surface area contributed by atoms with Crippen molar-refractivity contribution >= 4 is 38.3 Å². The summed E-state index contributed by atoms with van der Waals surface area (Å²) in [6.45, 7) is 2.59. The van der Waals surface area contributed by atoms with E-state index in [0.29, 0.717) is 41.9 Å². The van der Waals surface area contributed by atoms with Gasteiger partial charge in [0, 0.05) is 35.8 Å². The minimum Gasteiger partial charge on any atom is -0.393 e. The maximum atomic E-state index is 13.4. The van der Waals surface area contributed by atoms with Crippen molar-refractivity contribution in [3.05, 3.63) is 81.7 Å². The summed E-state index contributed by atoms with van der Waals surface area (Å²) in [5.41, 5.74) is 4.47. The maximum absolute atomic E-state index is 13.4. The molecule has 0 saturated heterocycles. The zero-order chi connectivity index (χ0) is 26.2. The fraction of sp³-hybridized carbons (Fsp3) is 0.346. The molecule has 3 atom stereocenters. The van der Waals surface area contributed by atoms with Crippen molar-refractivity contribution < 1.29 is 22.5 Å². The Morgan fingerprint density at radius 2 is 2.11 bits per heavy atom. The summed E-state index contributed by atoms with van der Waals surface area (Å²) in [5, 5.41) is 18.5. The van der Waals surface area contributed by atoms with Crippen LogP contribution in [-0.2, 0) is 27.5 Å². The van der Waals surface area contributed by atoms with Crippen LogP contribution in [0.4, 0.5) is 0 Å². The molecular weight excluding hydrogens is 512 g/mol. The number of carbonyl (C=O) groups is 1. The molecule has 0 radical (unpaired) electrons. The number of hydrogen-bond acceptors (Lipinski definition) is 8. The number of aliphatic hydroxyl groups excluding tert-OH is 1. The van der Waals surface area contributed by atoms with Gasteiger partial charge in [0.25, 0.3) is 0 Å². The van der Waals surface area contributed by atoms with Gasteiger partial charge in [-0.25, -0.2) is 15.1 Å². The molecule has 1 aliphatic rings. The molecule has 3 heterocycles. The predicted octanol–water partition coefficient (Wildman–Crippen LogP) is 3.23. The SMILES string of the molecule is Cc1cn(Cc2csc(C(=O)c3cncnc3C[C@@H]3C[C@H](COS(N)(=O)=O)[C@@H](O)C3)c2)c2ccccc12.